The van der Waals surface area contributed by atoms with Crippen molar-refractivity contribution in [1.82, 2.24) is 4.90 Å². The summed E-state index contributed by atoms with van der Waals surface area (Å²) in [5.74, 6) is 1.68. The molecule has 0 spiro atoms. The molecule has 4 heteroatoms. The lowest BCUT2D eigenvalue weighted by Gasteiger charge is -2.42. The van der Waals surface area contributed by atoms with Crippen molar-refractivity contribution in [2.45, 2.75) is 39.7 Å². The molecule has 2 N–H and O–H groups in total. The second-order valence-electron chi connectivity index (χ2n) is 5.87. The number of carbonyl (C=O) groups excluding carboxylic acids is 1. The number of nitrogens with zero attached hydrogens (tertiary/aromatic N) is 1. The van der Waals surface area contributed by atoms with E-state index < -0.39 is 0 Å². The Kier molecular flexibility index (Phi) is 3.48. The third kappa shape index (κ3) is 2.75. The number of likely N-dealkylation sites (tertiary alicyclic amines) is 1. The Hall–Kier alpha value is -1.29. The Labute approximate surface area is 108 Å². The Morgan fingerprint density at radius 3 is 2.83 bits per heavy atom. The summed E-state index contributed by atoms with van der Waals surface area (Å²) in [6.07, 6.45) is 1.29. The highest BCUT2D eigenvalue weighted by molar-refractivity contribution is 5.78. The molecule has 1 amide bonds. The number of hydrogen-bond acceptors (Lipinski definition) is 3. The summed E-state index contributed by atoms with van der Waals surface area (Å²) in [6, 6.07) is 3.79. The van der Waals surface area contributed by atoms with E-state index in [4.69, 9.17) is 10.2 Å². The number of carbonyl (C=O) groups is 1. The molecular formula is C14H22N2O2. The standard InChI is InChI=1S/C14H22N2O2/c1-10-4-5-11(18-10)8-13(17)16-7-6-14(2,3)12(15)9-16/h4-5,12H,6-9,15H2,1-3H3. The van der Waals surface area contributed by atoms with Crippen LogP contribution < -0.4 is 5.73 Å². The zero-order valence-electron chi connectivity index (χ0n) is 11.4. The fourth-order valence-electron chi connectivity index (χ4n) is 2.25. The van der Waals surface area contributed by atoms with Gasteiger partial charge in [0, 0.05) is 19.1 Å². The monoisotopic (exact) mass is 250 g/mol. The quantitative estimate of drug-likeness (QED) is 0.869. The Balaban J connectivity index is 1.95. The largest absolute Gasteiger partial charge is 0.466 e. The van der Waals surface area contributed by atoms with Gasteiger partial charge in [0.2, 0.25) is 5.91 Å². The first kappa shape index (κ1) is 13.1. The van der Waals surface area contributed by atoms with E-state index in [1.54, 1.807) is 0 Å². The highest BCUT2D eigenvalue weighted by Crippen LogP contribution is 2.29. The molecule has 2 rings (SSSR count). The lowest BCUT2D eigenvalue weighted by atomic mass is 9.78. The van der Waals surface area contributed by atoms with E-state index in [0.717, 1.165) is 24.5 Å². The van der Waals surface area contributed by atoms with Crippen molar-refractivity contribution < 1.29 is 9.21 Å². The van der Waals surface area contributed by atoms with Crippen molar-refractivity contribution in [2.24, 2.45) is 11.1 Å². The predicted octanol–water partition coefficient (Wildman–Crippen LogP) is 1.72. The van der Waals surface area contributed by atoms with Gasteiger partial charge in [0.1, 0.15) is 11.5 Å². The fraction of sp³-hybridized carbons (Fsp3) is 0.643. The minimum absolute atomic E-state index is 0.0496. The van der Waals surface area contributed by atoms with Crippen LogP contribution in [-0.4, -0.2) is 29.9 Å². The number of hydrogen-bond donors (Lipinski definition) is 1. The molecule has 1 unspecified atom stereocenters. The molecule has 1 aromatic heterocycles. The van der Waals surface area contributed by atoms with Crippen LogP contribution in [0.3, 0.4) is 0 Å². The number of rotatable bonds is 2. The van der Waals surface area contributed by atoms with Crippen LogP contribution in [-0.2, 0) is 11.2 Å². The summed E-state index contributed by atoms with van der Waals surface area (Å²) < 4.78 is 5.43. The molecule has 1 aromatic rings. The molecule has 0 radical (unpaired) electrons. The number of nitrogens with two attached hydrogens (primary N) is 1. The Bertz CT molecular complexity index is 437. The number of furan rings is 1. The predicted molar refractivity (Wildman–Crippen MR) is 70.1 cm³/mol. The average molecular weight is 250 g/mol. The summed E-state index contributed by atoms with van der Waals surface area (Å²) in [5.41, 5.74) is 6.24. The molecule has 1 fully saturated rings. The van der Waals surface area contributed by atoms with Gasteiger partial charge in [-0.05, 0) is 30.9 Å². The topological polar surface area (TPSA) is 59.5 Å². The van der Waals surface area contributed by atoms with E-state index in [1.807, 2.05) is 24.0 Å². The molecule has 1 atom stereocenters. The number of aryl methyl sites for hydroxylation is 1. The minimum Gasteiger partial charge on any atom is -0.466 e. The number of piperidine rings is 1. The van der Waals surface area contributed by atoms with Gasteiger partial charge >= 0.3 is 0 Å². The van der Waals surface area contributed by atoms with Crippen LogP contribution >= 0.6 is 0 Å². The highest BCUT2D eigenvalue weighted by atomic mass is 16.3. The first-order valence-electron chi connectivity index (χ1n) is 6.47. The SMILES string of the molecule is Cc1ccc(CC(=O)N2CCC(C)(C)C(N)C2)o1. The van der Waals surface area contributed by atoms with Crippen molar-refractivity contribution in [3.05, 3.63) is 23.7 Å². The Morgan fingerprint density at radius 2 is 2.28 bits per heavy atom. The smallest absolute Gasteiger partial charge is 0.230 e. The summed E-state index contributed by atoms with van der Waals surface area (Å²) in [7, 11) is 0. The minimum atomic E-state index is 0.0496. The molecule has 1 aliphatic heterocycles. The van der Waals surface area contributed by atoms with Crippen LogP contribution in [0.15, 0.2) is 16.5 Å². The molecule has 1 aliphatic rings. The molecule has 0 saturated carbocycles. The third-order valence-electron chi connectivity index (χ3n) is 3.92. The molecule has 18 heavy (non-hydrogen) atoms. The Morgan fingerprint density at radius 1 is 1.56 bits per heavy atom. The van der Waals surface area contributed by atoms with Crippen LogP contribution in [0.4, 0.5) is 0 Å². The fourth-order valence-corrected chi connectivity index (χ4v) is 2.25. The normalized spacial score (nSPS) is 23.1. The maximum Gasteiger partial charge on any atom is 0.230 e. The van der Waals surface area contributed by atoms with E-state index in [9.17, 15) is 4.79 Å². The van der Waals surface area contributed by atoms with Crippen LogP contribution in [0.5, 0.6) is 0 Å². The molecule has 0 aliphatic carbocycles. The summed E-state index contributed by atoms with van der Waals surface area (Å²) >= 11 is 0. The summed E-state index contributed by atoms with van der Waals surface area (Å²) in [6.45, 7) is 7.64. The van der Waals surface area contributed by atoms with Gasteiger partial charge in [-0.3, -0.25) is 4.79 Å². The lowest BCUT2D eigenvalue weighted by Crippen LogP contribution is -2.54. The third-order valence-corrected chi connectivity index (χ3v) is 3.92. The maximum absolute atomic E-state index is 12.1. The summed E-state index contributed by atoms with van der Waals surface area (Å²) in [4.78, 5) is 14.0. The first-order valence-corrected chi connectivity index (χ1v) is 6.47. The molecule has 4 nitrogen and oxygen atoms in total. The summed E-state index contributed by atoms with van der Waals surface area (Å²) in [5, 5.41) is 0. The van der Waals surface area contributed by atoms with Gasteiger partial charge in [-0.15, -0.1) is 0 Å². The second kappa shape index (κ2) is 4.76. The van der Waals surface area contributed by atoms with Crippen LogP contribution in [0, 0.1) is 12.3 Å². The molecule has 100 valence electrons. The van der Waals surface area contributed by atoms with Crippen molar-refractivity contribution in [2.75, 3.05) is 13.1 Å². The van der Waals surface area contributed by atoms with E-state index >= 15 is 0 Å². The van der Waals surface area contributed by atoms with Gasteiger partial charge in [-0.1, -0.05) is 13.8 Å². The van der Waals surface area contributed by atoms with Gasteiger partial charge in [-0.25, -0.2) is 0 Å². The molecule has 2 heterocycles. The zero-order chi connectivity index (χ0) is 13.3. The first-order chi connectivity index (χ1) is 8.38. The lowest BCUT2D eigenvalue weighted by molar-refractivity contribution is -0.133. The van der Waals surface area contributed by atoms with E-state index in [1.165, 1.54) is 0 Å². The second-order valence-corrected chi connectivity index (χ2v) is 5.87. The molecule has 0 aromatic carbocycles. The molecule has 1 saturated heterocycles. The van der Waals surface area contributed by atoms with E-state index in [-0.39, 0.29) is 17.4 Å². The van der Waals surface area contributed by atoms with Crippen molar-refractivity contribution in [1.29, 1.82) is 0 Å². The molecular weight excluding hydrogens is 228 g/mol. The van der Waals surface area contributed by atoms with Gasteiger partial charge in [0.15, 0.2) is 0 Å². The highest BCUT2D eigenvalue weighted by Gasteiger charge is 2.34. The average Bonchev–Trinajstić information content (AvgIpc) is 2.68. The van der Waals surface area contributed by atoms with E-state index in [2.05, 4.69) is 13.8 Å². The van der Waals surface area contributed by atoms with E-state index in [0.29, 0.717) is 13.0 Å². The van der Waals surface area contributed by atoms with Gasteiger partial charge in [0.25, 0.3) is 0 Å². The van der Waals surface area contributed by atoms with Gasteiger partial charge < -0.3 is 15.1 Å². The van der Waals surface area contributed by atoms with Gasteiger partial charge in [0.05, 0.1) is 6.42 Å². The zero-order valence-corrected chi connectivity index (χ0v) is 11.4. The van der Waals surface area contributed by atoms with Crippen LogP contribution in [0.25, 0.3) is 0 Å². The van der Waals surface area contributed by atoms with Crippen LogP contribution in [0.2, 0.25) is 0 Å². The maximum atomic E-state index is 12.1. The van der Waals surface area contributed by atoms with Crippen molar-refractivity contribution in [3.8, 4) is 0 Å². The van der Waals surface area contributed by atoms with Crippen molar-refractivity contribution in [3.63, 3.8) is 0 Å². The van der Waals surface area contributed by atoms with Crippen molar-refractivity contribution >= 4 is 5.91 Å². The van der Waals surface area contributed by atoms with Crippen LogP contribution in [0.1, 0.15) is 31.8 Å². The molecule has 0 bridgehead atoms. The number of amides is 1. The van der Waals surface area contributed by atoms with Gasteiger partial charge in [-0.2, -0.15) is 0 Å².